The lowest BCUT2D eigenvalue weighted by atomic mass is 10.0. The number of nitrogens with one attached hydrogen (secondary N) is 2. The predicted molar refractivity (Wildman–Crippen MR) is 157 cm³/mol. The Morgan fingerprint density at radius 2 is 2.08 bits per heavy atom. The second-order valence-corrected chi connectivity index (χ2v) is 12.3. The molecule has 0 amide bonds. The largest absolute Gasteiger partial charge is 0.373 e. The third-order valence-corrected chi connectivity index (χ3v) is 7.97. The van der Waals surface area contributed by atoms with E-state index in [1.165, 1.54) is 0 Å². The second-order valence-electron chi connectivity index (χ2n) is 10.3. The number of nitriles is 1. The molecule has 5 aromatic rings. The summed E-state index contributed by atoms with van der Waals surface area (Å²) in [6.45, 7) is 5.85. The van der Waals surface area contributed by atoms with Crippen LogP contribution in [-0.2, 0) is 4.84 Å². The van der Waals surface area contributed by atoms with Gasteiger partial charge in [-0.15, -0.1) is 16.4 Å². The fraction of sp³-hybridized carbons (Fsp3) is 0.296. The molecule has 3 aromatic heterocycles. The molecule has 0 saturated heterocycles. The molecule has 1 fully saturated rings. The Bertz CT molecular complexity index is 1700. The molecule has 6 rings (SSSR count). The standard InChI is InChI=1S/C27H25IN8OS/c1-27(2,3)37-34-23-15(11-29)12-30-24-19(23)9-16(10-20(24)28)32-25(22-13-36(35-33-22)17-7-8-17)18-5-4-6-21-26(18)38-14-31-21/h4-6,9-10,12-14,17,25,32H,7-8H2,1-3H3,(H,30,34)/t25-/m0/s1. The highest BCUT2D eigenvalue weighted by molar-refractivity contribution is 14.1. The van der Waals surface area contributed by atoms with Crippen LogP contribution in [0.25, 0.3) is 21.1 Å². The fourth-order valence-electron chi connectivity index (χ4n) is 4.30. The van der Waals surface area contributed by atoms with E-state index in [9.17, 15) is 5.26 Å². The van der Waals surface area contributed by atoms with Gasteiger partial charge in [-0.2, -0.15) is 5.26 Å². The number of thiazole rings is 1. The van der Waals surface area contributed by atoms with Gasteiger partial charge < -0.3 is 5.32 Å². The minimum Gasteiger partial charge on any atom is -0.373 e. The van der Waals surface area contributed by atoms with Crippen LogP contribution in [-0.4, -0.2) is 30.6 Å². The van der Waals surface area contributed by atoms with E-state index in [1.807, 2.05) is 55.4 Å². The van der Waals surface area contributed by atoms with Crippen LogP contribution in [0.4, 0.5) is 11.4 Å². The van der Waals surface area contributed by atoms with Gasteiger partial charge in [0.05, 0.1) is 56.4 Å². The van der Waals surface area contributed by atoms with Crippen molar-refractivity contribution < 1.29 is 4.84 Å². The molecule has 38 heavy (non-hydrogen) atoms. The van der Waals surface area contributed by atoms with Crippen molar-refractivity contribution in [2.45, 2.75) is 51.3 Å². The van der Waals surface area contributed by atoms with Crippen LogP contribution < -0.4 is 10.8 Å². The highest BCUT2D eigenvalue weighted by Gasteiger charge is 2.28. The van der Waals surface area contributed by atoms with Crippen LogP contribution in [0.3, 0.4) is 0 Å². The lowest BCUT2D eigenvalue weighted by Gasteiger charge is -2.22. The predicted octanol–water partition coefficient (Wildman–Crippen LogP) is 6.59. The van der Waals surface area contributed by atoms with E-state index in [-0.39, 0.29) is 6.04 Å². The molecule has 0 unspecified atom stereocenters. The zero-order valence-electron chi connectivity index (χ0n) is 21.1. The maximum atomic E-state index is 9.80. The maximum Gasteiger partial charge on any atom is 0.110 e. The van der Waals surface area contributed by atoms with E-state index < -0.39 is 5.60 Å². The summed E-state index contributed by atoms with van der Waals surface area (Å²) in [6.07, 6.45) is 5.89. The summed E-state index contributed by atoms with van der Waals surface area (Å²) in [5.41, 5.74) is 9.99. The monoisotopic (exact) mass is 636 g/mol. The minimum absolute atomic E-state index is 0.255. The molecule has 0 aliphatic heterocycles. The smallest absolute Gasteiger partial charge is 0.110 e. The number of nitrogens with zero attached hydrogens (tertiary/aromatic N) is 6. The van der Waals surface area contributed by atoms with E-state index in [4.69, 9.17) is 4.84 Å². The van der Waals surface area contributed by atoms with Gasteiger partial charge in [0.1, 0.15) is 11.8 Å². The number of hydrogen-bond acceptors (Lipinski definition) is 9. The summed E-state index contributed by atoms with van der Waals surface area (Å²) < 4.78 is 4.02. The molecular formula is C27H25IN8OS. The first-order chi connectivity index (χ1) is 18.3. The first-order valence-corrected chi connectivity index (χ1v) is 14.2. The third kappa shape index (κ3) is 4.91. The third-order valence-electron chi connectivity index (χ3n) is 6.26. The van der Waals surface area contributed by atoms with Crippen molar-refractivity contribution in [3.05, 3.63) is 68.6 Å². The number of halogens is 1. The van der Waals surface area contributed by atoms with Crippen molar-refractivity contribution in [1.29, 1.82) is 5.26 Å². The summed E-state index contributed by atoms with van der Waals surface area (Å²) in [4.78, 5) is 14.9. The molecule has 1 aliphatic rings. The van der Waals surface area contributed by atoms with Gasteiger partial charge in [0.2, 0.25) is 0 Å². The van der Waals surface area contributed by atoms with E-state index in [2.05, 4.69) is 71.9 Å². The Balaban J connectivity index is 1.46. The topological polar surface area (TPSA) is 114 Å². The normalized spacial score (nSPS) is 14.5. The van der Waals surface area contributed by atoms with E-state index >= 15 is 0 Å². The van der Waals surface area contributed by atoms with Crippen molar-refractivity contribution in [2.24, 2.45) is 0 Å². The molecule has 11 heteroatoms. The van der Waals surface area contributed by atoms with Crippen molar-refractivity contribution in [2.75, 3.05) is 10.8 Å². The Hall–Kier alpha value is -3.34. The van der Waals surface area contributed by atoms with Gasteiger partial charge in [-0.25, -0.2) is 9.67 Å². The van der Waals surface area contributed by atoms with Crippen molar-refractivity contribution in [1.82, 2.24) is 25.0 Å². The first kappa shape index (κ1) is 25.0. The highest BCUT2D eigenvalue weighted by Crippen LogP contribution is 2.38. The lowest BCUT2D eigenvalue weighted by Crippen LogP contribution is -2.23. The zero-order chi connectivity index (χ0) is 26.4. The van der Waals surface area contributed by atoms with Crippen molar-refractivity contribution in [3.63, 3.8) is 0 Å². The number of pyridine rings is 1. The van der Waals surface area contributed by atoms with Gasteiger partial charge in [0, 0.05) is 20.8 Å². The minimum atomic E-state index is -0.447. The molecular weight excluding hydrogens is 611 g/mol. The average molecular weight is 637 g/mol. The number of benzene rings is 2. The molecule has 192 valence electrons. The van der Waals surface area contributed by atoms with Crippen molar-refractivity contribution >= 4 is 66.4 Å². The summed E-state index contributed by atoms with van der Waals surface area (Å²) in [5, 5.41) is 23.3. The number of rotatable bonds is 7. The first-order valence-electron chi connectivity index (χ1n) is 12.3. The van der Waals surface area contributed by atoms with Gasteiger partial charge >= 0.3 is 0 Å². The van der Waals surface area contributed by atoms with Crippen LogP contribution >= 0.6 is 33.9 Å². The highest BCUT2D eigenvalue weighted by atomic mass is 127. The number of hydrogen-bond donors (Lipinski definition) is 2. The van der Waals surface area contributed by atoms with E-state index in [0.29, 0.717) is 17.3 Å². The average Bonchev–Trinajstić information content (AvgIpc) is 3.41. The summed E-state index contributed by atoms with van der Waals surface area (Å²) >= 11 is 3.90. The van der Waals surface area contributed by atoms with Crippen LogP contribution in [0.5, 0.6) is 0 Å². The molecule has 1 aliphatic carbocycles. The second kappa shape index (κ2) is 9.76. The zero-order valence-corrected chi connectivity index (χ0v) is 24.0. The Morgan fingerprint density at radius 3 is 2.84 bits per heavy atom. The molecule has 2 N–H and O–H groups in total. The van der Waals surface area contributed by atoms with E-state index in [0.717, 1.165) is 54.5 Å². The van der Waals surface area contributed by atoms with Crippen LogP contribution in [0.15, 0.2) is 48.2 Å². The molecule has 1 atom stereocenters. The summed E-state index contributed by atoms with van der Waals surface area (Å²) in [6, 6.07) is 12.6. The lowest BCUT2D eigenvalue weighted by molar-refractivity contribution is 0.0377. The molecule has 9 nitrogen and oxygen atoms in total. The van der Waals surface area contributed by atoms with E-state index in [1.54, 1.807) is 17.5 Å². The van der Waals surface area contributed by atoms with Gasteiger partial charge in [-0.1, -0.05) is 17.3 Å². The Kier molecular flexibility index (Phi) is 6.41. The van der Waals surface area contributed by atoms with Crippen LogP contribution in [0, 0.1) is 14.9 Å². The maximum absolute atomic E-state index is 9.80. The van der Waals surface area contributed by atoms with Crippen LogP contribution in [0.1, 0.15) is 62.5 Å². The fourth-order valence-corrected chi connectivity index (χ4v) is 5.90. The Morgan fingerprint density at radius 1 is 1.24 bits per heavy atom. The molecule has 2 aromatic carbocycles. The quantitative estimate of drug-likeness (QED) is 0.152. The SMILES string of the molecule is CC(C)(C)ONc1c(C#N)cnc2c(I)cc(N[C@H](c3cn(C4CC4)nn3)c3cccc4ncsc34)cc12. The number of fused-ring (bicyclic) bond motifs is 2. The molecule has 0 spiro atoms. The Labute approximate surface area is 237 Å². The van der Waals surface area contributed by atoms with Crippen molar-refractivity contribution in [3.8, 4) is 6.07 Å². The molecule has 3 heterocycles. The van der Waals surface area contributed by atoms with Gasteiger partial charge in [-0.3, -0.25) is 15.3 Å². The molecule has 1 saturated carbocycles. The van der Waals surface area contributed by atoms with Gasteiger partial charge in [-0.05, 0) is 80.0 Å². The van der Waals surface area contributed by atoms with Crippen LogP contribution in [0.2, 0.25) is 0 Å². The number of aromatic nitrogens is 5. The van der Waals surface area contributed by atoms with Gasteiger partial charge in [0.15, 0.2) is 0 Å². The molecule has 0 radical (unpaired) electrons. The summed E-state index contributed by atoms with van der Waals surface area (Å²) in [5.74, 6) is 0. The number of anilines is 2. The summed E-state index contributed by atoms with van der Waals surface area (Å²) in [7, 11) is 0. The molecule has 0 bridgehead atoms. The van der Waals surface area contributed by atoms with Gasteiger partial charge in [0.25, 0.3) is 0 Å².